The molecule has 3 aromatic rings. The van der Waals surface area contributed by atoms with Gasteiger partial charge >= 0.3 is 0 Å². The molecule has 1 saturated heterocycles. The Kier molecular flexibility index (Phi) is 7.34. The predicted molar refractivity (Wildman–Crippen MR) is 122 cm³/mol. The number of hydrogen-bond donors (Lipinski definition) is 0. The zero-order valence-corrected chi connectivity index (χ0v) is 18.8. The van der Waals surface area contributed by atoms with Gasteiger partial charge < -0.3 is 14.4 Å². The van der Waals surface area contributed by atoms with Gasteiger partial charge in [0.25, 0.3) is 0 Å². The van der Waals surface area contributed by atoms with Crippen LogP contribution < -0.4 is 9.47 Å². The molecule has 2 aromatic carbocycles. The molecule has 0 saturated carbocycles. The molecule has 1 amide bonds. The molecule has 1 fully saturated rings. The van der Waals surface area contributed by atoms with Crippen LogP contribution in [0.15, 0.2) is 53.9 Å². The third-order valence-corrected chi connectivity index (χ3v) is 6.35. The molecule has 0 aliphatic carbocycles. The Morgan fingerprint density at radius 2 is 1.84 bits per heavy atom. The minimum absolute atomic E-state index is 0.0384. The zero-order chi connectivity index (χ0) is 22.3. The summed E-state index contributed by atoms with van der Waals surface area (Å²) in [5.74, 6) is 0.640. The first kappa shape index (κ1) is 22.2. The van der Waals surface area contributed by atoms with Crippen molar-refractivity contribution in [1.82, 2.24) is 14.8 Å². The molecule has 2 heterocycles. The lowest BCUT2D eigenvalue weighted by Gasteiger charge is -2.34. The van der Waals surface area contributed by atoms with E-state index in [1.165, 1.54) is 6.07 Å². The van der Waals surface area contributed by atoms with Gasteiger partial charge in [0.05, 0.1) is 25.8 Å². The second-order valence-corrected chi connectivity index (χ2v) is 8.42. The van der Waals surface area contributed by atoms with Crippen LogP contribution in [0, 0.1) is 5.82 Å². The van der Waals surface area contributed by atoms with E-state index in [1.54, 1.807) is 36.6 Å². The number of para-hydroxylation sites is 1. The Bertz CT molecular complexity index is 1030. The maximum Gasteiger partial charge on any atom is 0.226 e. The van der Waals surface area contributed by atoms with E-state index in [4.69, 9.17) is 14.5 Å². The molecule has 168 valence electrons. The van der Waals surface area contributed by atoms with Crippen molar-refractivity contribution in [2.24, 2.45) is 0 Å². The molecule has 8 heteroatoms. The van der Waals surface area contributed by atoms with Gasteiger partial charge in [-0.3, -0.25) is 9.69 Å². The van der Waals surface area contributed by atoms with Crippen molar-refractivity contribution in [3.8, 4) is 22.1 Å². The second-order valence-electron chi connectivity index (χ2n) is 7.56. The number of amides is 1. The molecule has 32 heavy (non-hydrogen) atoms. The van der Waals surface area contributed by atoms with Crippen LogP contribution in [0.3, 0.4) is 0 Å². The number of hydrogen-bond acceptors (Lipinski definition) is 6. The van der Waals surface area contributed by atoms with Crippen LogP contribution in [0.2, 0.25) is 0 Å². The molecule has 0 unspecified atom stereocenters. The van der Waals surface area contributed by atoms with Crippen molar-refractivity contribution < 1.29 is 18.7 Å². The molecular weight excluding hydrogens is 429 g/mol. The van der Waals surface area contributed by atoms with E-state index in [9.17, 15) is 9.18 Å². The largest absolute Gasteiger partial charge is 0.497 e. The summed E-state index contributed by atoms with van der Waals surface area (Å²) < 4.78 is 24.2. The number of halogens is 1. The first-order valence-electron chi connectivity index (χ1n) is 10.6. The van der Waals surface area contributed by atoms with Crippen molar-refractivity contribution in [1.29, 1.82) is 0 Å². The predicted octanol–water partition coefficient (Wildman–Crippen LogP) is 4.07. The van der Waals surface area contributed by atoms with Crippen LogP contribution in [-0.2, 0) is 11.3 Å². The van der Waals surface area contributed by atoms with E-state index < -0.39 is 5.82 Å². The van der Waals surface area contributed by atoms with Gasteiger partial charge in [-0.2, -0.15) is 0 Å². The van der Waals surface area contributed by atoms with Crippen LogP contribution in [0.25, 0.3) is 10.6 Å². The number of ether oxygens (including phenoxy) is 2. The number of piperazine rings is 1. The van der Waals surface area contributed by atoms with Crippen molar-refractivity contribution in [2.45, 2.75) is 13.0 Å². The summed E-state index contributed by atoms with van der Waals surface area (Å²) in [6.45, 7) is 3.89. The average Bonchev–Trinajstić information content (AvgIpc) is 3.29. The van der Waals surface area contributed by atoms with Crippen molar-refractivity contribution in [3.05, 3.63) is 65.4 Å². The Morgan fingerprint density at radius 1 is 1.09 bits per heavy atom. The van der Waals surface area contributed by atoms with Gasteiger partial charge in [0.2, 0.25) is 5.91 Å². The minimum Gasteiger partial charge on any atom is -0.497 e. The van der Waals surface area contributed by atoms with Gasteiger partial charge in [-0.1, -0.05) is 12.1 Å². The Hall–Kier alpha value is -2.97. The van der Waals surface area contributed by atoms with Gasteiger partial charge in [-0.15, -0.1) is 11.3 Å². The van der Waals surface area contributed by atoms with Gasteiger partial charge in [0.15, 0.2) is 11.6 Å². The van der Waals surface area contributed by atoms with Gasteiger partial charge in [-0.25, -0.2) is 9.37 Å². The molecule has 1 aromatic heterocycles. The van der Waals surface area contributed by atoms with Crippen LogP contribution >= 0.6 is 11.3 Å². The first-order valence-corrected chi connectivity index (χ1v) is 11.5. The molecule has 0 atom stereocenters. The third kappa shape index (κ3) is 5.63. The highest BCUT2D eigenvalue weighted by molar-refractivity contribution is 7.13. The normalized spacial score (nSPS) is 14.4. The van der Waals surface area contributed by atoms with Crippen molar-refractivity contribution in [3.63, 3.8) is 0 Å². The van der Waals surface area contributed by atoms with Crippen LogP contribution in [0.4, 0.5) is 4.39 Å². The van der Waals surface area contributed by atoms with Gasteiger partial charge in [-0.05, 0) is 36.4 Å². The molecule has 0 radical (unpaired) electrons. The maximum atomic E-state index is 13.6. The number of carbonyl (C=O) groups is 1. The molecule has 0 spiro atoms. The van der Waals surface area contributed by atoms with Crippen molar-refractivity contribution in [2.75, 3.05) is 39.9 Å². The summed E-state index contributed by atoms with van der Waals surface area (Å²) in [5, 5.41) is 3.09. The molecule has 0 bridgehead atoms. The highest BCUT2D eigenvalue weighted by Crippen LogP contribution is 2.26. The fraction of sp³-hybridized carbons (Fsp3) is 0.333. The highest BCUT2D eigenvalue weighted by Gasteiger charge is 2.21. The monoisotopic (exact) mass is 455 g/mol. The molecule has 6 nitrogen and oxygen atoms in total. The molecule has 0 N–H and O–H groups in total. The maximum absolute atomic E-state index is 13.6. The Labute approximate surface area is 191 Å². The number of rotatable bonds is 8. The summed E-state index contributed by atoms with van der Waals surface area (Å²) in [4.78, 5) is 21.4. The second kappa shape index (κ2) is 10.6. The fourth-order valence-electron chi connectivity index (χ4n) is 3.60. The number of carbonyl (C=O) groups excluding carboxylic acids is 1. The lowest BCUT2D eigenvalue weighted by atomic mass is 10.2. The van der Waals surface area contributed by atoms with Crippen molar-refractivity contribution >= 4 is 17.2 Å². The van der Waals surface area contributed by atoms with Crippen LogP contribution in [0.5, 0.6) is 11.5 Å². The lowest BCUT2D eigenvalue weighted by Crippen LogP contribution is -2.48. The number of methoxy groups -OCH3 is 1. The topological polar surface area (TPSA) is 54.9 Å². The lowest BCUT2D eigenvalue weighted by molar-refractivity contribution is -0.133. The number of thiazole rings is 1. The van der Waals surface area contributed by atoms with E-state index in [0.29, 0.717) is 13.1 Å². The quantitative estimate of drug-likeness (QED) is 0.513. The number of nitrogens with zero attached hydrogens (tertiary/aromatic N) is 3. The zero-order valence-electron chi connectivity index (χ0n) is 18.0. The summed E-state index contributed by atoms with van der Waals surface area (Å²) in [6.07, 6.45) is 0.242. The van der Waals surface area contributed by atoms with E-state index in [-0.39, 0.29) is 24.7 Å². The molecule has 1 aliphatic rings. The summed E-state index contributed by atoms with van der Waals surface area (Å²) >= 11 is 1.63. The van der Waals surface area contributed by atoms with Gasteiger partial charge in [0.1, 0.15) is 10.8 Å². The van der Waals surface area contributed by atoms with Crippen LogP contribution in [-0.4, -0.2) is 60.6 Å². The SMILES string of the molecule is COc1ccc(-c2nc(CN3CCN(C(=O)CCOc4ccccc4F)CC3)cs2)cc1. The number of aromatic nitrogens is 1. The molecule has 4 rings (SSSR count). The summed E-state index contributed by atoms with van der Waals surface area (Å²) in [6, 6.07) is 14.1. The standard InChI is InChI=1S/C24H26FN3O3S/c1-30-20-8-6-18(7-9-20)24-26-19(17-32-24)16-27-11-13-28(14-12-27)23(29)10-15-31-22-5-3-2-4-21(22)25/h2-9,17H,10-16H2,1H3. The Balaban J connectivity index is 1.21. The van der Waals surface area contributed by atoms with Gasteiger partial charge in [0, 0.05) is 43.7 Å². The number of benzene rings is 2. The van der Waals surface area contributed by atoms with E-state index in [0.717, 1.165) is 41.6 Å². The highest BCUT2D eigenvalue weighted by atomic mass is 32.1. The van der Waals surface area contributed by atoms with E-state index in [2.05, 4.69) is 10.3 Å². The summed E-state index contributed by atoms with van der Waals surface area (Å²) in [7, 11) is 1.66. The fourth-order valence-corrected chi connectivity index (χ4v) is 4.42. The third-order valence-electron chi connectivity index (χ3n) is 5.41. The Morgan fingerprint density at radius 3 is 2.56 bits per heavy atom. The summed E-state index contributed by atoms with van der Waals surface area (Å²) in [5.41, 5.74) is 2.12. The average molecular weight is 456 g/mol. The van der Waals surface area contributed by atoms with E-state index in [1.807, 2.05) is 29.2 Å². The first-order chi connectivity index (χ1) is 15.6. The molecular formula is C24H26FN3O3S. The minimum atomic E-state index is -0.411. The molecule has 1 aliphatic heterocycles. The van der Waals surface area contributed by atoms with Crippen LogP contribution in [0.1, 0.15) is 12.1 Å². The van der Waals surface area contributed by atoms with E-state index >= 15 is 0 Å². The smallest absolute Gasteiger partial charge is 0.226 e.